The SMILES string of the molecule is CC(O)Nc1cc(OC[C@H](O)CO)ccn1. The third-order valence-corrected chi connectivity index (χ3v) is 1.74. The lowest BCUT2D eigenvalue weighted by molar-refractivity contribution is 0.0536. The van der Waals surface area contributed by atoms with Gasteiger partial charge in [-0.3, -0.25) is 0 Å². The van der Waals surface area contributed by atoms with Gasteiger partial charge >= 0.3 is 0 Å². The van der Waals surface area contributed by atoms with Crippen LogP contribution in [0.15, 0.2) is 18.3 Å². The highest BCUT2D eigenvalue weighted by molar-refractivity contribution is 5.40. The second-order valence-electron chi connectivity index (χ2n) is 3.34. The van der Waals surface area contributed by atoms with Crippen LogP contribution < -0.4 is 10.1 Å². The van der Waals surface area contributed by atoms with Gasteiger partial charge in [0.25, 0.3) is 0 Å². The molecule has 0 saturated carbocycles. The zero-order chi connectivity index (χ0) is 12.0. The van der Waals surface area contributed by atoms with Crippen LogP contribution in [0.2, 0.25) is 0 Å². The van der Waals surface area contributed by atoms with Crippen LogP contribution >= 0.6 is 0 Å². The van der Waals surface area contributed by atoms with Crippen LogP contribution in [0.25, 0.3) is 0 Å². The summed E-state index contributed by atoms with van der Waals surface area (Å²) >= 11 is 0. The molecule has 0 amide bonds. The summed E-state index contributed by atoms with van der Waals surface area (Å²) in [6, 6.07) is 3.22. The molecule has 1 rings (SSSR count). The summed E-state index contributed by atoms with van der Waals surface area (Å²) in [5.41, 5.74) is 0. The fourth-order valence-corrected chi connectivity index (χ4v) is 1.04. The number of hydrogen-bond acceptors (Lipinski definition) is 6. The van der Waals surface area contributed by atoms with E-state index in [9.17, 15) is 0 Å². The fourth-order valence-electron chi connectivity index (χ4n) is 1.04. The van der Waals surface area contributed by atoms with Gasteiger partial charge in [0.15, 0.2) is 0 Å². The Hall–Kier alpha value is -1.37. The van der Waals surface area contributed by atoms with Crippen LogP contribution in [0.5, 0.6) is 5.75 Å². The summed E-state index contributed by atoms with van der Waals surface area (Å²) in [6.07, 6.45) is -0.0853. The molecule has 0 aromatic carbocycles. The molecule has 0 saturated heterocycles. The van der Waals surface area contributed by atoms with Gasteiger partial charge in [-0.1, -0.05) is 0 Å². The Bertz CT molecular complexity index is 319. The molecule has 6 nitrogen and oxygen atoms in total. The fraction of sp³-hybridized carbons (Fsp3) is 0.500. The lowest BCUT2D eigenvalue weighted by Gasteiger charge is -2.12. The zero-order valence-corrected chi connectivity index (χ0v) is 9.00. The molecule has 0 spiro atoms. The molecule has 16 heavy (non-hydrogen) atoms. The van der Waals surface area contributed by atoms with Crippen molar-refractivity contribution >= 4 is 5.82 Å². The number of ether oxygens (including phenoxy) is 1. The van der Waals surface area contributed by atoms with E-state index in [1.165, 1.54) is 6.20 Å². The van der Waals surface area contributed by atoms with E-state index in [-0.39, 0.29) is 13.2 Å². The highest BCUT2D eigenvalue weighted by atomic mass is 16.5. The molecule has 0 bridgehead atoms. The van der Waals surface area contributed by atoms with E-state index in [1.54, 1.807) is 19.1 Å². The molecule has 0 radical (unpaired) electrons. The van der Waals surface area contributed by atoms with Gasteiger partial charge in [0, 0.05) is 12.3 Å². The Morgan fingerprint density at radius 1 is 1.50 bits per heavy atom. The number of anilines is 1. The lowest BCUT2D eigenvalue weighted by atomic mass is 10.4. The van der Waals surface area contributed by atoms with Gasteiger partial charge in [-0.2, -0.15) is 0 Å². The first-order valence-corrected chi connectivity index (χ1v) is 4.94. The minimum atomic E-state index is -0.902. The predicted molar refractivity (Wildman–Crippen MR) is 58.1 cm³/mol. The average Bonchev–Trinajstić information content (AvgIpc) is 2.25. The van der Waals surface area contributed by atoms with Crippen LogP contribution in [0.1, 0.15) is 6.92 Å². The summed E-state index contributed by atoms with van der Waals surface area (Å²) in [5, 5.41) is 29.5. The molecule has 0 aliphatic rings. The number of nitrogens with one attached hydrogen (secondary N) is 1. The van der Waals surface area contributed by atoms with E-state index in [0.717, 1.165) is 0 Å². The molecule has 0 fully saturated rings. The third-order valence-electron chi connectivity index (χ3n) is 1.74. The van der Waals surface area contributed by atoms with Crippen LogP contribution in [0.4, 0.5) is 5.82 Å². The van der Waals surface area contributed by atoms with E-state index >= 15 is 0 Å². The summed E-state index contributed by atoms with van der Waals surface area (Å²) in [7, 11) is 0. The summed E-state index contributed by atoms with van der Waals surface area (Å²) in [5.74, 6) is 0.983. The standard InChI is InChI=1S/C10H16N2O4/c1-7(14)12-10-4-9(2-3-11-10)16-6-8(15)5-13/h2-4,7-8,13-15H,5-6H2,1H3,(H,11,12)/t7?,8-/m1/s1. The van der Waals surface area contributed by atoms with Crippen molar-refractivity contribution in [1.29, 1.82) is 0 Å². The van der Waals surface area contributed by atoms with Crippen LogP contribution in [-0.4, -0.2) is 45.8 Å². The highest BCUT2D eigenvalue weighted by Gasteiger charge is 2.04. The van der Waals surface area contributed by atoms with Gasteiger partial charge in [0.2, 0.25) is 0 Å². The van der Waals surface area contributed by atoms with Gasteiger partial charge < -0.3 is 25.4 Å². The Labute approximate surface area is 93.5 Å². The molecule has 0 aliphatic carbocycles. The van der Waals surface area contributed by atoms with E-state index in [2.05, 4.69) is 10.3 Å². The van der Waals surface area contributed by atoms with Gasteiger partial charge in [-0.25, -0.2) is 4.98 Å². The summed E-state index contributed by atoms with van der Waals surface area (Å²) in [4.78, 5) is 3.96. The van der Waals surface area contributed by atoms with Crippen LogP contribution in [0, 0.1) is 0 Å². The molecular weight excluding hydrogens is 212 g/mol. The molecule has 6 heteroatoms. The first-order chi connectivity index (χ1) is 7.61. The molecule has 0 aliphatic heterocycles. The minimum Gasteiger partial charge on any atom is -0.491 e. The first-order valence-electron chi connectivity index (χ1n) is 4.94. The van der Waals surface area contributed by atoms with Gasteiger partial charge in [-0.05, 0) is 13.0 Å². The largest absolute Gasteiger partial charge is 0.491 e. The lowest BCUT2D eigenvalue weighted by Crippen LogP contribution is -2.21. The maximum atomic E-state index is 9.09. The van der Waals surface area contributed by atoms with Crippen molar-refractivity contribution in [3.63, 3.8) is 0 Å². The molecule has 1 unspecified atom stereocenters. The molecule has 1 aromatic heterocycles. The predicted octanol–water partition coefficient (Wildman–Crippen LogP) is -0.436. The van der Waals surface area contributed by atoms with Crippen LogP contribution in [0.3, 0.4) is 0 Å². The molecule has 90 valence electrons. The number of aliphatic hydroxyl groups is 3. The van der Waals surface area contributed by atoms with Crippen molar-refractivity contribution in [2.75, 3.05) is 18.5 Å². The number of hydrogen-bond donors (Lipinski definition) is 4. The Kier molecular flexibility index (Phi) is 4.97. The third kappa shape index (κ3) is 4.43. The normalized spacial score (nSPS) is 14.2. The summed E-state index contributed by atoms with van der Waals surface area (Å²) < 4.78 is 5.21. The van der Waals surface area contributed by atoms with Crippen molar-refractivity contribution in [3.05, 3.63) is 18.3 Å². The molecule has 1 aromatic rings. The van der Waals surface area contributed by atoms with E-state index in [4.69, 9.17) is 20.1 Å². The maximum Gasteiger partial charge on any atom is 0.131 e. The second kappa shape index (κ2) is 6.26. The average molecular weight is 228 g/mol. The maximum absolute atomic E-state index is 9.09. The second-order valence-corrected chi connectivity index (χ2v) is 3.34. The Balaban J connectivity index is 2.53. The molecular formula is C10H16N2O4. The number of rotatable bonds is 6. The van der Waals surface area contributed by atoms with Gasteiger partial charge in [-0.15, -0.1) is 0 Å². The van der Waals surface area contributed by atoms with Crippen molar-refractivity contribution < 1.29 is 20.1 Å². The van der Waals surface area contributed by atoms with Crippen molar-refractivity contribution in [3.8, 4) is 5.75 Å². The van der Waals surface area contributed by atoms with Gasteiger partial charge in [0.05, 0.1) is 6.61 Å². The zero-order valence-electron chi connectivity index (χ0n) is 9.00. The van der Waals surface area contributed by atoms with Gasteiger partial charge in [0.1, 0.15) is 30.5 Å². The first kappa shape index (κ1) is 12.7. The van der Waals surface area contributed by atoms with Crippen molar-refractivity contribution in [2.24, 2.45) is 0 Å². The number of aromatic nitrogens is 1. The van der Waals surface area contributed by atoms with Crippen LogP contribution in [-0.2, 0) is 0 Å². The highest BCUT2D eigenvalue weighted by Crippen LogP contribution is 2.15. The van der Waals surface area contributed by atoms with Crippen molar-refractivity contribution in [1.82, 2.24) is 4.98 Å². The van der Waals surface area contributed by atoms with E-state index in [1.807, 2.05) is 0 Å². The summed E-state index contributed by atoms with van der Waals surface area (Å²) in [6.45, 7) is 1.24. The minimum absolute atomic E-state index is 0.00856. The smallest absolute Gasteiger partial charge is 0.131 e. The monoisotopic (exact) mass is 228 g/mol. The number of pyridine rings is 1. The molecule has 4 N–H and O–H groups in total. The Morgan fingerprint density at radius 2 is 2.25 bits per heavy atom. The van der Waals surface area contributed by atoms with E-state index in [0.29, 0.717) is 11.6 Å². The topological polar surface area (TPSA) is 94.8 Å². The molecule has 1 heterocycles. The van der Waals surface area contributed by atoms with Crippen molar-refractivity contribution in [2.45, 2.75) is 19.3 Å². The quantitative estimate of drug-likeness (QED) is 0.493. The molecule has 2 atom stereocenters. The number of nitrogens with zero attached hydrogens (tertiary/aromatic N) is 1. The Morgan fingerprint density at radius 3 is 2.88 bits per heavy atom. The van der Waals surface area contributed by atoms with E-state index < -0.39 is 12.3 Å². The number of aliphatic hydroxyl groups excluding tert-OH is 3.